The van der Waals surface area contributed by atoms with Crippen LogP contribution in [-0.4, -0.2) is 30.1 Å². The number of nitrogens with zero attached hydrogens (tertiary/aromatic N) is 2. The van der Waals surface area contributed by atoms with Gasteiger partial charge >= 0.3 is 0 Å². The summed E-state index contributed by atoms with van der Waals surface area (Å²) in [5.74, 6) is -0.325. The molecule has 0 radical (unpaired) electrons. The largest absolute Gasteiger partial charge is 0.378 e. The average molecular weight is 433 g/mol. The second-order valence-electron chi connectivity index (χ2n) is 6.37. The first-order valence-corrected chi connectivity index (χ1v) is 10.1. The van der Waals surface area contributed by atoms with Crippen molar-refractivity contribution < 1.29 is 9.59 Å². The van der Waals surface area contributed by atoms with E-state index in [0.717, 1.165) is 23.0 Å². The number of hydrogen-bond acceptors (Lipinski definition) is 4. The first-order chi connectivity index (χ1) is 13.3. The molecular formula is C21H18Cl2N2O2S. The van der Waals surface area contributed by atoms with Gasteiger partial charge in [0.05, 0.1) is 11.4 Å². The Morgan fingerprint density at radius 1 is 1.07 bits per heavy atom. The maximum Gasteiger partial charge on any atom is 0.293 e. The molecule has 1 fully saturated rings. The number of benzene rings is 2. The van der Waals surface area contributed by atoms with E-state index in [1.54, 1.807) is 30.4 Å². The lowest BCUT2D eigenvalue weighted by Crippen LogP contribution is -2.27. The molecule has 0 bridgehead atoms. The number of anilines is 1. The van der Waals surface area contributed by atoms with E-state index in [9.17, 15) is 9.59 Å². The lowest BCUT2D eigenvalue weighted by atomic mass is 10.2. The van der Waals surface area contributed by atoms with Crippen LogP contribution in [0, 0.1) is 0 Å². The Balaban J connectivity index is 1.70. The van der Waals surface area contributed by atoms with Crippen LogP contribution in [0.25, 0.3) is 6.08 Å². The number of carbonyl (C=O) groups is 2. The molecule has 1 aliphatic rings. The summed E-state index contributed by atoms with van der Waals surface area (Å²) in [6.07, 6.45) is 5.33. The zero-order chi connectivity index (χ0) is 20.3. The Hall–Kier alpha value is -2.21. The molecule has 1 heterocycles. The number of hydrogen-bond donors (Lipinski definition) is 0. The maximum atomic E-state index is 12.6. The molecule has 0 aliphatic carbocycles. The molecule has 0 spiro atoms. The monoisotopic (exact) mass is 432 g/mol. The highest BCUT2D eigenvalue weighted by molar-refractivity contribution is 8.18. The van der Waals surface area contributed by atoms with E-state index in [1.807, 2.05) is 49.3 Å². The van der Waals surface area contributed by atoms with Gasteiger partial charge in [-0.05, 0) is 53.2 Å². The summed E-state index contributed by atoms with van der Waals surface area (Å²) >= 11 is 13.0. The number of halogens is 2. The van der Waals surface area contributed by atoms with Crippen molar-refractivity contribution in [3.8, 4) is 0 Å². The number of allylic oxidation sites excluding steroid dienone is 2. The molecule has 0 unspecified atom stereocenters. The van der Waals surface area contributed by atoms with Crippen LogP contribution in [0.15, 0.2) is 59.5 Å². The molecule has 1 aliphatic heterocycles. The van der Waals surface area contributed by atoms with Crippen LogP contribution in [-0.2, 0) is 11.3 Å². The molecule has 0 N–H and O–H groups in total. The van der Waals surface area contributed by atoms with Gasteiger partial charge in [-0.3, -0.25) is 14.5 Å². The third-order valence-corrected chi connectivity index (χ3v) is 5.68. The van der Waals surface area contributed by atoms with Crippen LogP contribution in [0.3, 0.4) is 0 Å². The topological polar surface area (TPSA) is 40.6 Å². The highest BCUT2D eigenvalue weighted by atomic mass is 35.5. The molecule has 1 saturated heterocycles. The standard InChI is InChI=1S/C21H18Cl2N2O2S/c1-24(2)17-10-6-14(7-11-17)4-3-5-19-20(26)25(21(27)28-19)13-15-8-9-16(22)12-18(15)23/h3-12H,13H2,1-2H3/b4-3+,19-5-. The van der Waals surface area contributed by atoms with Gasteiger partial charge in [0.25, 0.3) is 11.1 Å². The van der Waals surface area contributed by atoms with Gasteiger partial charge < -0.3 is 4.90 Å². The molecule has 28 heavy (non-hydrogen) atoms. The normalized spacial score (nSPS) is 15.9. The van der Waals surface area contributed by atoms with E-state index in [1.165, 1.54) is 4.90 Å². The molecule has 3 rings (SSSR count). The third kappa shape index (κ3) is 4.79. The predicted molar refractivity (Wildman–Crippen MR) is 118 cm³/mol. The van der Waals surface area contributed by atoms with Crippen molar-refractivity contribution in [2.75, 3.05) is 19.0 Å². The van der Waals surface area contributed by atoms with Crippen molar-refractivity contribution in [2.45, 2.75) is 6.54 Å². The van der Waals surface area contributed by atoms with Crippen LogP contribution < -0.4 is 4.90 Å². The molecule has 0 saturated carbocycles. The SMILES string of the molecule is CN(C)c1ccc(/C=C/C=C2\SC(=O)N(Cc3ccc(Cl)cc3Cl)C2=O)cc1. The third-order valence-electron chi connectivity index (χ3n) is 4.16. The summed E-state index contributed by atoms with van der Waals surface area (Å²) in [4.78, 5) is 28.4. The second-order valence-corrected chi connectivity index (χ2v) is 8.21. The summed E-state index contributed by atoms with van der Waals surface area (Å²) in [6.45, 7) is 0.119. The van der Waals surface area contributed by atoms with Crippen LogP contribution in [0.4, 0.5) is 10.5 Å². The first-order valence-electron chi connectivity index (χ1n) is 8.48. The molecule has 2 aromatic carbocycles. The fourth-order valence-corrected chi connectivity index (χ4v) is 3.86. The van der Waals surface area contributed by atoms with Gasteiger partial charge in [-0.25, -0.2) is 0 Å². The zero-order valence-electron chi connectivity index (χ0n) is 15.4. The quantitative estimate of drug-likeness (QED) is 0.555. The lowest BCUT2D eigenvalue weighted by Gasteiger charge is -2.13. The summed E-state index contributed by atoms with van der Waals surface area (Å²) in [5.41, 5.74) is 2.79. The Bertz CT molecular complexity index is 969. The Morgan fingerprint density at radius 2 is 1.79 bits per heavy atom. The molecular weight excluding hydrogens is 415 g/mol. The zero-order valence-corrected chi connectivity index (χ0v) is 17.7. The van der Waals surface area contributed by atoms with E-state index in [0.29, 0.717) is 20.5 Å². The summed E-state index contributed by atoms with van der Waals surface area (Å²) in [7, 11) is 3.97. The van der Waals surface area contributed by atoms with Gasteiger partial charge in [0.2, 0.25) is 0 Å². The molecule has 0 atom stereocenters. The smallest absolute Gasteiger partial charge is 0.293 e. The first kappa shape index (κ1) is 20.5. The van der Waals surface area contributed by atoms with Gasteiger partial charge in [0, 0.05) is 29.8 Å². The number of thioether (sulfide) groups is 1. The number of rotatable bonds is 5. The highest BCUT2D eigenvalue weighted by Crippen LogP contribution is 2.33. The van der Waals surface area contributed by atoms with Crippen molar-refractivity contribution in [3.63, 3.8) is 0 Å². The number of carbonyl (C=O) groups excluding carboxylic acids is 2. The fraction of sp³-hybridized carbons (Fsp3) is 0.143. The van der Waals surface area contributed by atoms with E-state index >= 15 is 0 Å². The van der Waals surface area contributed by atoms with Gasteiger partial charge in [0.1, 0.15) is 0 Å². The fourth-order valence-electron chi connectivity index (χ4n) is 2.60. The Morgan fingerprint density at radius 3 is 2.43 bits per heavy atom. The van der Waals surface area contributed by atoms with E-state index in [4.69, 9.17) is 23.2 Å². The molecule has 2 aromatic rings. The summed E-state index contributed by atoms with van der Waals surface area (Å²) < 4.78 is 0. The van der Waals surface area contributed by atoms with E-state index in [2.05, 4.69) is 0 Å². The van der Waals surface area contributed by atoms with Crippen molar-refractivity contribution in [3.05, 3.63) is 80.7 Å². The Kier molecular flexibility index (Phi) is 6.50. The van der Waals surface area contributed by atoms with E-state index in [-0.39, 0.29) is 17.7 Å². The summed E-state index contributed by atoms with van der Waals surface area (Å²) in [5, 5.41) is 0.620. The van der Waals surface area contributed by atoms with Crippen LogP contribution in [0.2, 0.25) is 10.0 Å². The molecule has 144 valence electrons. The van der Waals surface area contributed by atoms with Crippen molar-refractivity contribution >= 4 is 57.9 Å². The number of amides is 2. The van der Waals surface area contributed by atoms with Crippen molar-refractivity contribution in [1.82, 2.24) is 4.90 Å². The average Bonchev–Trinajstić information content (AvgIpc) is 2.92. The molecule has 0 aromatic heterocycles. The minimum Gasteiger partial charge on any atom is -0.378 e. The highest BCUT2D eigenvalue weighted by Gasteiger charge is 2.34. The number of imide groups is 1. The molecule has 2 amide bonds. The van der Waals surface area contributed by atoms with Crippen LogP contribution in [0.1, 0.15) is 11.1 Å². The lowest BCUT2D eigenvalue weighted by molar-refractivity contribution is -0.123. The predicted octanol–water partition coefficient (Wildman–Crippen LogP) is 5.85. The van der Waals surface area contributed by atoms with Gasteiger partial charge in [0.15, 0.2) is 0 Å². The van der Waals surface area contributed by atoms with Crippen molar-refractivity contribution in [1.29, 1.82) is 0 Å². The van der Waals surface area contributed by atoms with Gasteiger partial charge in [-0.2, -0.15) is 0 Å². The van der Waals surface area contributed by atoms with Gasteiger partial charge in [-0.1, -0.05) is 53.6 Å². The van der Waals surface area contributed by atoms with Gasteiger partial charge in [-0.15, -0.1) is 0 Å². The maximum absolute atomic E-state index is 12.6. The second kappa shape index (κ2) is 8.86. The minimum absolute atomic E-state index is 0.119. The van der Waals surface area contributed by atoms with Crippen LogP contribution in [0.5, 0.6) is 0 Å². The van der Waals surface area contributed by atoms with Crippen LogP contribution >= 0.6 is 35.0 Å². The molecule has 7 heteroatoms. The van der Waals surface area contributed by atoms with E-state index < -0.39 is 0 Å². The minimum atomic E-state index is -0.325. The van der Waals surface area contributed by atoms with Crippen molar-refractivity contribution in [2.24, 2.45) is 0 Å². The summed E-state index contributed by atoms with van der Waals surface area (Å²) in [6, 6.07) is 13.0. The molecule has 4 nitrogen and oxygen atoms in total. The Labute approximate surface area is 178 Å².